The monoisotopic (exact) mass is 375 g/mol. The summed E-state index contributed by atoms with van der Waals surface area (Å²) in [4.78, 5) is 14.4. The van der Waals surface area contributed by atoms with Gasteiger partial charge in [-0.3, -0.25) is 0 Å². The molecule has 0 fully saturated rings. The quantitative estimate of drug-likeness (QED) is 0.704. The van der Waals surface area contributed by atoms with E-state index in [9.17, 15) is 0 Å². The van der Waals surface area contributed by atoms with Gasteiger partial charge in [-0.1, -0.05) is 33.3 Å². The number of hydrogen-bond donors (Lipinski definition) is 2. The van der Waals surface area contributed by atoms with Gasteiger partial charge in [0.2, 0.25) is 5.95 Å². The second-order valence-electron chi connectivity index (χ2n) is 4.58. The molecule has 0 atom stereocenters. The molecule has 22 heavy (non-hydrogen) atoms. The number of hydrogen-bond acceptors (Lipinski definition) is 6. The third-order valence-corrected chi connectivity index (χ3v) is 4.67. The van der Waals surface area contributed by atoms with Gasteiger partial charge in [0, 0.05) is 23.4 Å². The zero-order chi connectivity index (χ0) is 15.5. The molecule has 0 unspecified atom stereocenters. The summed E-state index contributed by atoms with van der Waals surface area (Å²) in [6.07, 6.45) is 1.75. The first-order chi connectivity index (χ1) is 10.7. The van der Waals surface area contributed by atoms with Gasteiger partial charge in [-0.25, -0.2) is 15.0 Å². The van der Waals surface area contributed by atoms with Crippen molar-refractivity contribution in [3.05, 3.63) is 46.7 Å². The molecule has 0 amide bonds. The van der Waals surface area contributed by atoms with Gasteiger partial charge in [-0.15, -0.1) is 0 Å². The molecule has 3 aromatic rings. The van der Waals surface area contributed by atoms with Crippen molar-refractivity contribution in [3.63, 3.8) is 0 Å². The van der Waals surface area contributed by atoms with Crippen molar-refractivity contribution in [1.29, 1.82) is 0 Å². The molecule has 0 aliphatic carbocycles. The average Bonchev–Trinajstić information content (AvgIpc) is 2.89. The van der Waals surface area contributed by atoms with Crippen LogP contribution >= 0.6 is 27.3 Å². The lowest BCUT2D eigenvalue weighted by Gasteiger charge is -2.06. The number of thiazole rings is 1. The van der Waals surface area contributed by atoms with E-state index in [2.05, 4.69) is 41.5 Å². The summed E-state index contributed by atoms with van der Waals surface area (Å²) in [7, 11) is 1.86. The van der Waals surface area contributed by atoms with Crippen molar-refractivity contribution < 1.29 is 0 Å². The minimum absolute atomic E-state index is 0.564. The van der Waals surface area contributed by atoms with E-state index < -0.39 is 0 Å². The standard InChI is InChI=1S/C15H14BrN5S/c1-9-13(22-15(17-2)19-9)12-6-7-18-14(21-12)20-11-5-3-4-10(16)8-11/h3-8H,1-2H3,(H,17,19)(H,18,20,21). The number of aromatic nitrogens is 3. The maximum absolute atomic E-state index is 4.58. The molecule has 112 valence electrons. The summed E-state index contributed by atoms with van der Waals surface area (Å²) >= 11 is 5.03. The normalized spacial score (nSPS) is 10.5. The number of nitrogens with zero attached hydrogens (tertiary/aromatic N) is 3. The Hall–Kier alpha value is -1.99. The summed E-state index contributed by atoms with van der Waals surface area (Å²) in [6.45, 7) is 1.98. The Kier molecular flexibility index (Phi) is 4.35. The molecule has 2 aromatic heterocycles. The van der Waals surface area contributed by atoms with Crippen molar-refractivity contribution in [3.8, 4) is 10.6 Å². The summed E-state index contributed by atoms with van der Waals surface area (Å²) in [5.74, 6) is 0.564. The summed E-state index contributed by atoms with van der Waals surface area (Å²) in [5, 5.41) is 7.16. The first-order valence-corrected chi connectivity index (χ1v) is 8.28. The van der Waals surface area contributed by atoms with Gasteiger partial charge in [-0.2, -0.15) is 0 Å². The highest BCUT2D eigenvalue weighted by atomic mass is 79.9. The van der Waals surface area contributed by atoms with Crippen LogP contribution in [0.4, 0.5) is 16.8 Å². The maximum atomic E-state index is 4.58. The van der Waals surface area contributed by atoms with E-state index in [0.29, 0.717) is 5.95 Å². The van der Waals surface area contributed by atoms with Crippen LogP contribution in [0.3, 0.4) is 0 Å². The van der Waals surface area contributed by atoms with Crippen LogP contribution in [0.25, 0.3) is 10.6 Å². The van der Waals surface area contributed by atoms with E-state index in [-0.39, 0.29) is 0 Å². The van der Waals surface area contributed by atoms with Gasteiger partial charge in [0.25, 0.3) is 0 Å². The molecule has 0 bridgehead atoms. The van der Waals surface area contributed by atoms with Crippen LogP contribution in [-0.2, 0) is 0 Å². The number of rotatable bonds is 4. The summed E-state index contributed by atoms with van der Waals surface area (Å²) in [6, 6.07) is 9.78. The second-order valence-corrected chi connectivity index (χ2v) is 6.50. The molecule has 2 heterocycles. The fourth-order valence-corrected chi connectivity index (χ4v) is 3.27. The van der Waals surface area contributed by atoms with Crippen LogP contribution in [0.15, 0.2) is 41.0 Å². The molecule has 0 aliphatic heterocycles. The number of nitrogens with one attached hydrogen (secondary N) is 2. The molecular weight excluding hydrogens is 362 g/mol. The van der Waals surface area contributed by atoms with Crippen LogP contribution in [0.2, 0.25) is 0 Å². The Morgan fingerprint density at radius 1 is 1.18 bits per heavy atom. The van der Waals surface area contributed by atoms with Gasteiger partial charge in [0.05, 0.1) is 16.3 Å². The highest BCUT2D eigenvalue weighted by molar-refractivity contribution is 9.10. The van der Waals surface area contributed by atoms with Crippen molar-refractivity contribution in [1.82, 2.24) is 15.0 Å². The van der Waals surface area contributed by atoms with Crippen LogP contribution in [-0.4, -0.2) is 22.0 Å². The SMILES string of the molecule is CNc1nc(C)c(-c2ccnc(Nc3cccc(Br)c3)n2)s1. The van der Waals surface area contributed by atoms with Crippen LogP contribution in [0.5, 0.6) is 0 Å². The Bertz CT molecular complexity index is 802. The Balaban J connectivity index is 1.90. The first-order valence-electron chi connectivity index (χ1n) is 6.67. The van der Waals surface area contributed by atoms with E-state index in [1.54, 1.807) is 17.5 Å². The van der Waals surface area contributed by atoms with E-state index in [4.69, 9.17) is 0 Å². The van der Waals surface area contributed by atoms with Crippen molar-refractivity contribution in [2.75, 3.05) is 17.7 Å². The van der Waals surface area contributed by atoms with Crippen molar-refractivity contribution in [2.45, 2.75) is 6.92 Å². The molecule has 0 radical (unpaired) electrons. The molecule has 3 rings (SSSR count). The summed E-state index contributed by atoms with van der Waals surface area (Å²) in [5.41, 5.74) is 2.76. The van der Waals surface area contributed by atoms with Gasteiger partial charge in [-0.05, 0) is 31.2 Å². The molecule has 0 saturated carbocycles. The highest BCUT2D eigenvalue weighted by Gasteiger charge is 2.11. The van der Waals surface area contributed by atoms with Crippen LogP contribution in [0, 0.1) is 6.92 Å². The minimum Gasteiger partial charge on any atom is -0.365 e. The molecule has 0 saturated heterocycles. The number of aryl methyl sites for hydroxylation is 1. The van der Waals surface area contributed by atoms with E-state index in [1.165, 1.54) is 0 Å². The van der Waals surface area contributed by atoms with Gasteiger partial charge in [0.1, 0.15) is 0 Å². The van der Waals surface area contributed by atoms with Gasteiger partial charge >= 0.3 is 0 Å². The fourth-order valence-electron chi connectivity index (χ4n) is 1.98. The second kappa shape index (κ2) is 6.41. The van der Waals surface area contributed by atoms with Crippen molar-refractivity contribution in [2.24, 2.45) is 0 Å². The molecule has 0 spiro atoms. The van der Waals surface area contributed by atoms with Gasteiger partial charge in [0.15, 0.2) is 5.13 Å². The van der Waals surface area contributed by atoms with E-state index in [1.807, 2.05) is 44.3 Å². The maximum Gasteiger partial charge on any atom is 0.227 e. The van der Waals surface area contributed by atoms with Gasteiger partial charge < -0.3 is 10.6 Å². The molecule has 1 aromatic carbocycles. The molecule has 0 aliphatic rings. The zero-order valence-corrected chi connectivity index (χ0v) is 14.5. The van der Waals surface area contributed by atoms with E-state index in [0.717, 1.165) is 31.6 Å². The lowest BCUT2D eigenvalue weighted by atomic mass is 10.3. The lowest BCUT2D eigenvalue weighted by Crippen LogP contribution is -1.97. The topological polar surface area (TPSA) is 62.7 Å². The summed E-state index contributed by atoms with van der Waals surface area (Å²) < 4.78 is 1.01. The average molecular weight is 376 g/mol. The molecule has 2 N–H and O–H groups in total. The third kappa shape index (κ3) is 3.26. The largest absolute Gasteiger partial charge is 0.365 e. The predicted molar refractivity (Wildman–Crippen MR) is 94.8 cm³/mol. The smallest absolute Gasteiger partial charge is 0.227 e. The number of halogens is 1. The van der Waals surface area contributed by atoms with E-state index >= 15 is 0 Å². The zero-order valence-electron chi connectivity index (χ0n) is 12.1. The molecule has 5 nitrogen and oxygen atoms in total. The lowest BCUT2D eigenvalue weighted by molar-refractivity contribution is 1.16. The Morgan fingerprint density at radius 3 is 2.77 bits per heavy atom. The van der Waals surface area contributed by atoms with Crippen LogP contribution < -0.4 is 10.6 Å². The fraction of sp³-hybridized carbons (Fsp3) is 0.133. The minimum atomic E-state index is 0.564. The highest BCUT2D eigenvalue weighted by Crippen LogP contribution is 2.31. The molecular formula is C15H14BrN5S. The Morgan fingerprint density at radius 2 is 2.05 bits per heavy atom. The van der Waals surface area contributed by atoms with Crippen LogP contribution in [0.1, 0.15) is 5.69 Å². The first kappa shape index (κ1) is 14.9. The Labute approximate surface area is 141 Å². The molecule has 7 heteroatoms. The third-order valence-electron chi connectivity index (χ3n) is 2.98. The number of anilines is 3. The number of benzene rings is 1. The predicted octanol–water partition coefficient (Wildman–Crippen LogP) is 4.46. The van der Waals surface area contributed by atoms with Crippen molar-refractivity contribution >= 4 is 44.0 Å².